The first-order valence-corrected chi connectivity index (χ1v) is 14.0. The number of hydrogen-bond acceptors (Lipinski definition) is 5. The minimum atomic E-state index is -0.952. The Morgan fingerprint density at radius 3 is 2.75 bits per heavy atom. The summed E-state index contributed by atoms with van der Waals surface area (Å²) in [6, 6.07) is 14.0. The lowest BCUT2D eigenvalue weighted by Crippen LogP contribution is -2.34. The lowest BCUT2D eigenvalue weighted by Gasteiger charge is -2.31. The lowest BCUT2D eigenvalue weighted by atomic mass is 9.95. The number of hydrogen-bond donors (Lipinski definition) is 1. The molecule has 0 amide bonds. The number of ether oxygens (including phenoxy) is 2. The Morgan fingerprint density at radius 2 is 2.02 bits per heavy atom. The summed E-state index contributed by atoms with van der Waals surface area (Å²) in [5.74, 6) is 0.344. The van der Waals surface area contributed by atoms with Crippen LogP contribution < -0.4 is 4.74 Å². The van der Waals surface area contributed by atoms with Gasteiger partial charge in [0.25, 0.3) is 0 Å². The molecule has 0 unspecified atom stereocenters. The highest BCUT2D eigenvalue weighted by molar-refractivity contribution is 6.30. The van der Waals surface area contributed by atoms with Crippen LogP contribution in [0.1, 0.15) is 51.8 Å². The van der Waals surface area contributed by atoms with Crippen molar-refractivity contribution in [3.05, 3.63) is 93.0 Å². The molecule has 208 valence electrons. The van der Waals surface area contributed by atoms with Crippen molar-refractivity contribution in [3.8, 4) is 5.75 Å². The summed E-state index contributed by atoms with van der Waals surface area (Å²) < 4.78 is 28.3. The Hall–Kier alpha value is -3.46. The predicted octanol–water partition coefficient (Wildman–Crippen LogP) is 6.02. The smallest absolute Gasteiger partial charge is 0.335 e. The quantitative estimate of drug-likeness (QED) is 0.268. The molecule has 3 heterocycles. The van der Waals surface area contributed by atoms with E-state index in [2.05, 4.69) is 28.5 Å². The van der Waals surface area contributed by atoms with Crippen LogP contribution in [0.4, 0.5) is 4.39 Å². The van der Waals surface area contributed by atoms with E-state index in [-0.39, 0.29) is 24.1 Å². The van der Waals surface area contributed by atoms with Gasteiger partial charge in [-0.15, -0.1) is 0 Å². The van der Waals surface area contributed by atoms with E-state index in [9.17, 15) is 14.3 Å². The zero-order valence-electron chi connectivity index (χ0n) is 22.3. The number of aromatic nitrogens is 2. The molecule has 3 aromatic carbocycles. The normalized spacial score (nSPS) is 17.0. The van der Waals surface area contributed by atoms with Crippen LogP contribution in [-0.2, 0) is 43.8 Å². The second-order valence-electron chi connectivity index (χ2n) is 10.5. The zero-order chi connectivity index (χ0) is 27.8. The molecular formula is C31H31ClFN3O4. The van der Waals surface area contributed by atoms with Gasteiger partial charge in [-0.1, -0.05) is 30.7 Å². The van der Waals surface area contributed by atoms with Crippen LogP contribution in [0.5, 0.6) is 5.75 Å². The molecule has 2 aliphatic rings. The van der Waals surface area contributed by atoms with Gasteiger partial charge < -0.3 is 19.1 Å². The Balaban J connectivity index is 1.24. The van der Waals surface area contributed by atoms with Crippen molar-refractivity contribution in [1.29, 1.82) is 0 Å². The maximum Gasteiger partial charge on any atom is 0.335 e. The Labute approximate surface area is 237 Å². The Morgan fingerprint density at radius 1 is 1.18 bits per heavy atom. The van der Waals surface area contributed by atoms with Crippen molar-refractivity contribution in [1.82, 2.24) is 14.5 Å². The first-order valence-electron chi connectivity index (χ1n) is 13.7. The van der Waals surface area contributed by atoms with E-state index in [0.29, 0.717) is 23.7 Å². The number of rotatable bonds is 9. The number of aromatic carboxylic acids is 1. The maximum absolute atomic E-state index is 14.3. The Kier molecular flexibility index (Phi) is 7.49. The average molecular weight is 564 g/mol. The number of carboxylic acid groups (broad SMARTS) is 1. The summed E-state index contributed by atoms with van der Waals surface area (Å²) in [5.41, 5.74) is 5.92. The summed E-state index contributed by atoms with van der Waals surface area (Å²) in [4.78, 5) is 18.9. The molecule has 0 spiro atoms. The number of benzene rings is 3. The molecule has 7 nitrogen and oxygen atoms in total. The summed E-state index contributed by atoms with van der Waals surface area (Å²) in [5, 5.41) is 9.89. The van der Waals surface area contributed by atoms with Gasteiger partial charge in [0.15, 0.2) is 0 Å². The van der Waals surface area contributed by atoms with Crippen LogP contribution in [0, 0.1) is 5.82 Å². The molecular weight excluding hydrogens is 533 g/mol. The standard InChI is InChI=1S/C31H31ClFN3O4/c1-2-19-11-20-7-9-35(15-23(20)13-29(19)40-18-22-3-5-24(32)14-26(22)33)17-30-34-27-6-4-21(31(37)38)12-28(27)36(30)16-25-8-10-39-25/h3-6,11-14,25H,2,7-10,15-18H2,1H3,(H,37,38)/t25-/m0/s1. The molecule has 1 aromatic heterocycles. The predicted molar refractivity (Wildman–Crippen MR) is 150 cm³/mol. The highest BCUT2D eigenvalue weighted by Gasteiger charge is 2.25. The molecule has 1 fully saturated rings. The van der Waals surface area contributed by atoms with Gasteiger partial charge in [-0.3, -0.25) is 4.90 Å². The molecule has 0 radical (unpaired) electrons. The first kappa shape index (κ1) is 26.7. The van der Waals surface area contributed by atoms with Gasteiger partial charge in [0, 0.05) is 30.3 Å². The number of carboxylic acids is 1. The van der Waals surface area contributed by atoms with E-state index in [1.807, 2.05) is 0 Å². The van der Waals surface area contributed by atoms with Crippen LogP contribution in [0.15, 0.2) is 48.5 Å². The third-order valence-corrected chi connectivity index (χ3v) is 8.11. The second kappa shape index (κ2) is 11.2. The Bertz CT molecular complexity index is 1580. The van der Waals surface area contributed by atoms with E-state index in [1.165, 1.54) is 17.2 Å². The van der Waals surface area contributed by atoms with E-state index in [0.717, 1.165) is 67.1 Å². The molecule has 40 heavy (non-hydrogen) atoms. The molecule has 2 aliphatic heterocycles. The number of carbonyl (C=O) groups is 1. The topological polar surface area (TPSA) is 76.8 Å². The van der Waals surface area contributed by atoms with Gasteiger partial charge >= 0.3 is 5.97 Å². The van der Waals surface area contributed by atoms with E-state index in [4.69, 9.17) is 26.1 Å². The number of aryl methyl sites for hydroxylation is 1. The first-order chi connectivity index (χ1) is 19.4. The fourth-order valence-electron chi connectivity index (χ4n) is 5.50. The zero-order valence-corrected chi connectivity index (χ0v) is 23.1. The summed E-state index contributed by atoms with van der Waals surface area (Å²) in [7, 11) is 0. The largest absolute Gasteiger partial charge is 0.489 e. The number of imidazole rings is 1. The lowest BCUT2D eigenvalue weighted by molar-refractivity contribution is -0.0592. The van der Waals surface area contributed by atoms with Gasteiger partial charge in [0.2, 0.25) is 0 Å². The molecule has 0 bridgehead atoms. The van der Waals surface area contributed by atoms with Gasteiger partial charge in [-0.05, 0) is 72.4 Å². The van der Waals surface area contributed by atoms with Crippen LogP contribution in [0.2, 0.25) is 5.02 Å². The summed E-state index contributed by atoms with van der Waals surface area (Å²) in [6.45, 7) is 5.88. The average Bonchev–Trinajstić information content (AvgIpc) is 3.25. The van der Waals surface area contributed by atoms with Crippen molar-refractivity contribution in [2.24, 2.45) is 0 Å². The second-order valence-corrected chi connectivity index (χ2v) is 10.9. The SMILES string of the molecule is CCc1cc2c(cc1OCc1ccc(Cl)cc1F)CN(Cc1nc3ccc(C(=O)O)cc3n1C[C@@H]1CCO1)CC2. The van der Waals surface area contributed by atoms with E-state index in [1.54, 1.807) is 30.3 Å². The molecule has 1 saturated heterocycles. The minimum Gasteiger partial charge on any atom is -0.489 e. The number of fused-ring (bicyclic) bond motifs is 2. The number of nitrogens with zero attached hydrogens (tertiary/aromatic N) is 3. The van der Waals surface area contributed by atoms with Gasteiger partial charge in [-0.25, -0.2) is 14.2 Å². The molecule has 1 atom stereocenters. The molecule has 0 saturated carbocycles. The highest BCUT2D eigenvalue weighted by atomic mass is 35.5. The fraction of sp³-hybridized carbons (Fsp3) is 0.355. The number of halogens is 2. The minimum absolute atomic E-state index is 0.115. The van der Waals surface area contributed by atoms with Gasteiger partial charge in [-0.2, -0.15) is 0 Å². The maximum atomic E-state index is 14.3. The molecule has 0 aliphatic carbocycles. The van der Waals surface area contributed by atoms with E-state index < -0.39 is 5.97 Å². The van der Waals surface area contributed by atoms with Crippen LogP contribution in [0.3, 0.4) is 0 Å². The van der Waals surface area contributed by atoms with Crippen molar-refractivity contribution in [2.45, 2.75) is 58.5 Å². The van der Waals surface area contributed by atoms with Crippen molar-refractivity contribution in [2.75, 3.05) is 13.2 Å². The molecule has 4 aromatic rings. The summed E-state index contributed by atoms with van der Waals surface area (Å²) in [6.07, 6.45) is 2.83. The fourth-order valence-corrected chi connectivity index (χ4v) is 5.66. The third-order valence-electron chi connectivity index (χ3n) is 7.87. The molecule has 1 N–H and O–H groups in total. The van der Waals surface area contributed by atoms with E-state index >= 15 is 0 Å². The molecule has 6 rings (SSSR count). The van der Waals surface area contributed by atoms with Gasteiger partial charge in [0.05, 0.1) is 35.8 Å². The third kappa shape index (κ3) is 5.44. The van der Waals surface area contributed by atoms with Crippen LogP contribution in [-0.4, -0.2) is 44.8 Å². The monoisotopic (exact) mass is 563 g/mol. The van der Waals surface area contributed by atoms with Crippen LogP contribution >= 0.6 is 11.6 Å². The van der Waals surface area contributed by atoms with Gasteiger partial charge in [0.1, 0.15) is 24.0 Å². The van der Waals surface area contributed by atoms with Crippen molar-refractivity contribution in [3.63, 3.8) is 0 Å². The summed E-state index contributed by atoms with van der Waals surface area (Å²) >= 11 is 5.90. The molecule has 9 heteroatoms. The van der Waals surface area contributed by atoms with Crippen molar-refractivity contribution >= 4 is 28.6 Å². The van der Waals surface area contributed by atoms with Crippen LogP contribution in [0.25, 0.3) is 11.0 Å². The van der Waals surface area contributed by atoms with Crippen molar-refractivity contribution < 1.29 is 23.8 Å². The highest BCUT2D eigenvalue weighted by Crippen LogP contribution is 2.31.